The van der Waals surface area contributed by atoms with Gasteiger partial charge in [-0.2, -0.15) is 0 Å². The topological polar surface area (TPSA) is 86.7 Å². The monoisotopic (exact) mass is 286 g/mol. The molecule has 0 aromatic heterocycles. The van der Waals surface area contributed by atoms with Crippen LogP contribution < -0.4 is 5.32 Å². The summed E-state index contributed by atoms with van der Waals surface area (Å²) in [6.45, 7) is 10.8. The first kappa shape index (κ1) is 18.4. The van der Waals surface area contributed by atoms with Gasteiger partial charge < -0.3 is 15.3 Å². The third-order valence-electron chi connectivity index (χ3n) is 2.74. The van der Waals surface area contributed by atoms with Gasteiger partial charge in [0.2, 0.25) is 11.8 Å². The Labute approximate surface area is 120 Å². The number of carbonyl (C=O) groups excluding carboxylic acids is 2. The molecular formula is C14H26N2O4. The van der Waals surface area contributed by atoms with E-state index in [2.05, 4.69) is 5.32 Å². The van der Waals surface area contributed by atoms with E-state index in [1.54, 1.807) is 20.8 Å². The van der Waals surface area contributed by atoms with E-state index < -0.39 is 16.9 Å². The lowest BCUT2D eigenvalue weighted by atomic mass is 9.96. The second-order valence-corrected chi connectivity index (χ2v) is 6.79. The minimum Gasteiger partial charge on any atom is -0.481 e. The van der Waals surface area contributed by atoms with Crippen molar-refractivity contribution < 1.29 is 19.5 Å². The largest absolute Gasteiger partial charge is 0.481 e. The molecule has 0 aliphatic carbocycles. The van der Waals surface area contributed by atoms with Crippen molar-refractivity contribution in [3.05, 3.63) is 0 Å². The molecule has 0 atom stereocenters. The predicted octanol–water partition coefficient (Wildman–Crippen LogP) is 1.25. The molecule has 0 fully saturated rings. The number of carboxylic acid groups (broad SMARTS) is 1. The predicted molar refractivity (Wildman–Crippen MR) is 76.2 cm³/mol. The first-order valence-electron chi connectivity index (χ1n) is 6.66. The lowest BCUT2D eigenvalue weighted by Gasteiger charge is -2.35. The summed E-state index contributed by atoms with van der Waals surface area (Å²) in [6.07, 6.45) is -0.115. The molecule has 0 aromatic rings. The van der Waals surface area contributed by atoms with E-state index in [9.17, 15) is 14.4 Å². The van der Waals surface area contributed by atoms with Crippen LogP contribution in [0.5, 0.6) is 0 Å². The van der Waals surface area contributed by atoms with Crippen LogP contribution in [-0.4, -0.2) is 46.4 Å². The molecule has 0 aliphatic rings. The number of nitrogens with zero attached hydrogens (tertiary/aromatic N) is 1. The third-order valence-corrected chi connectivity index (χ3v) is 2.74. The lowest BCUT2D eigenvalue weighted by Crippen LogP contribution is -2.51. The van der Waals surface area contributed by atoms with Gasteiger partial charge in [0.15, 0.2) is 0 Å². The number of carbonyl (C=O) groups is 3. The van der Waals surface area contributed by atoms with Crippen LogP contribution in [0, 0.1) is 5.41 Å². The number of rotatable bonds is 5. The Bertz CT molecular complexity index is 378. The average molecular weight is 286 g/mol. The van der Waals surface area contributed by atoms with E-state index in [1.165, 1.54) is 4.90 Å². The van der Waals surface area contributed by atoms with E-state index in [-0.39, 0.29) is 31.3 Å². The Balaban J connectivity index is 4.65. The van der Waals surface area contributed by atoms with Crippen LogP contribution in [0.1, 0.15) is 48.0 Å². The summed E-state index contributed by atoms with van der Waals surface area (Å²) in [7, 11) is 0. The molecule has 0 unspecified atom stereocenters. The van der Waals surface area contributed by atoms with Crippen LogP contribution in [0.15, 0.2) is 0 Å². The maximum Gasteiger partial charge on any atom is 0.305 e. The van der Waals surface area contributed by atoms with E-state index in [0.29, 0.717) is 0 Å². The lowest BCUT2D eigenvalue weighted by molar-refractivity contribution is -0.141. The summed E-state index contributed by atoms with van der Waals surface area (Å²) in [5.74, 6) is -1.44. The van der Waals surface area contributed by atoms with E-state index in [1.807, 2.05) is 20.8 Å². The molecule has 6 heteroatoms. The van der Waals surface area contributed by atoms with Gasteiger partial charge in [-0.25, -0.2) is 0 Å². The Kier molecular flexibility index (Phi) is 6.19. The summed E-state index contributed by atoms with van der Waals surface area (Å²) in [5, 5.41) is 11.3. The molecule has 2 amide bonds. The van der Waals surface area contributed by atoms with E-state index >= 15 is 0 Å². The summed E-state index contributed by atoms with van der Waals surface area (Å²) in [5.41, 5.74) is -1.05. The van der Waals surface area contributed by atoms with Crippen molar-refractivity contribution in [3.63, 3.8) is 0 Å². The van der Waals surface area contributed by atoms with Crippen molar-refractivity contribution in [3.8, 4) is 0 Å². The van der Waals surface area contributed by atoms with Gasteiger partial charge in [-0.1, -0.05) is 20.8 Å². The minimum absolute atomic E-state index is 0.115. The molecule has 2 N–H and O–H groups in total. The van der Waals surface area contributed by atoms with Crippen LogP contribution in [0.2, 0.25) is 0 Å². The third kappa shape index (κ3) is 6.54. The second-order valence-electron chi connectivity index (χ2n) is 6.79. The fourth-order valence-electron chi connectivity index (χ4n) is 1.56. The normalized spacial score (nSPS) is 11.9. The van der Waals surface area contributed by atoms with Gasteiger partial charge in [-0.05, 0) is 20.8 Å². The molecule has 0 aromatic carbocycles. The van der Waals surface area contributed by atoms with Crippen molar-refractivity contribution in [1.82, 2.24) is 10.2 Å². The smallest absolute Gasteiger partial charge is 0.305 e. The highest BCUT2D eigenvalue weighted by atomic mass is 16.4. The quantitative estimate of drug-likeness (QED) is 0.796. The zero-order valence-electron chi connectivity index (χ0n) is 13.2. The molecule has 0 heterocycles. The van der Waals surface area contributed by atoms with E-state index in [0.717, 1.165) is 0 Å². The Morgan fingerprint density at radius 1 is 1.05 bits per heavy atom. The van der Waals surface area contributed by atoms with Crippen LogP contribution in [0.3, 0.4) is 0 Å². The molecule has 0 saturated heterocycles. The summed E-state index contributed by atoms with van der Waals surface area (Å²) in [6, 6.07) is 0. The molecule has 0 spiro atoms. The molecule has 0 rings (SSSR count). The highest BCUT2D eigenvalue weighted by Gasteiger charge is 2.28. The average Bonchev–Trinajstić information content (AvgIpc) is 2.22. The standard InChI is InChI=1S/C14H26N2O4/c1-13(2,3)12(20)15-9-10(17)16(14(4,5)6)8-7-11(18)19/h7-9H2,1-6H3,(H,15,20)(H,18,19). The maximum atomic E-state index is 12.2. The Hall–Kier alpha value is -1.59. The first-order chi connectivity index (χ1) is 8.85. The molecule has 0 aliphatic heterocycles. The molecular weight excluding hydrogens is 260 g/mol. The fourth-order valence-corrected chi connectivity index (χ4v) is 1.56. The number of amides is 2. The summed E-state index contributed by atoms with van der Waals surface area (Å²) in [4.78, 5) is 36.0. The first-order valence-corrected chi connectivity index (χ1v) is 6.66. The van der Waals surface area contributed by atoms with Gasteiger partial charge in [0, 0.05) is 17.5 Å². The zero-order valence-corrected chi connectivity index (χ0v) is 13.2. The SMILES string of the molecule is CC(C)(C)C(=O)NCC(=O)N(CCC(=O)O)C(C)(C)C. The van der Waals surface area contributed by atoms with Crippen molar-refractivity contribution >= 4 is 17.8 Å². The van der Waals surface area contributed by atoms with Gasteiger partial charge in [0.1, 0.15) is 0 Å². The van der Waals surface area contributed by atoms with Crippen molar-refractivity contribution in [2.24, 2.45) is 5.41 Å². The van der Waals surface area contributed by atoms with Crippen LogP contribution in [0.25, 0.3) is 0 Å². The van der Waals surface area contributed by atoms with Crippen LogP contribution in [-0.2, 0) is 14.4 Å². The molecule has 0 saturated carbocycles. The van der Waals surface area contributed by atoms with Crippen molar-refractivity contribution in [2.45, 2.75) is 53.5 Å². The van der Waals surface area contributed by atoms with Crippen molar-refractivity contribution in [2.75, 3.05) is 13.1 Å². The second kappa shape index (κ2) is 6.72. The van der Waals surface area contributed by atoms with Gasteiger partial charge in [-0.3, -0.25) is 14.4 Å². The molecule has 116 valence electrons. The Morgan fingerprint density at radius 3 is 1.90 bits per heavy atom. The number of hydrogen-bond acceptors (Lipinski definition) is 3. The van der Waals surface area contributed by atoms with Gasteiger partial charge >= 0.3 is 5.97 Å². The van der Waals surface area contributed by atoms with Gasteiger partial charge in [0.05, 0.1) is 13.0 Å². The summed E-state index contributed by atoms with van der Waals surface area (Å²) >= 11 is 0. The summed E-state index contributed by atoms with van der Waals surface area (Å²) < 4.78 is 0. The molecule has 0 bridgehead atoms. The number of hydrogen-bond donors (Lipinski definition) is 2. The zero-order chi connectivity index (χ0) is 16.1. The van der Waals surface area contributed by atoms with Crippen LogP contribution >= 0.6 is 0 Å². The molecule has 20 heavy (non-hydrogen) atoms. The van der Waals surface area contributed by atoms with Gasteiger partial charge in [0.25, 0.3) is 0 Å². The molecule has 6 nitrogen and oxygen atoms in total. The Morgan fingerprint density at radius 2 is 1.55 bits per heavy atom. The fraction of sp³-hybridized carbons (Fsp3) is 0.786. The van der Waals surface area contributed by atoms with Crippen molar-refractivity contribution in [1.29, 1.82) is 0 Å². The highest BCUT2D eigenvalue weighted by molar-refractivity contribution is 5.87. The highest BCUT2D eigenvalue weighted by Crippen LogP contribution is 2.15. The minimum atomic E-state index is -0.953. The number of aliphatic carboxylic acids is 1. The number of nitrogens with one attached hydrogen (secondary N) is 1. The van der Waals surface area contributed by atoms with Crippen LogP contribution in [0.4, 0.5) is 0 Å². The number of carboxylic acids is 1. The molecule has 0 radical (unpaired) electrons. The van der Waals surface area contributed by atoms with E-state index in [4.69, 9.17) is 5.11 Å². The van der Waals surface area contributed by atoms with Gasteiger partial charge in [-0.15, -0.1) is 0 Å². The maximum absolute atomic E-state index is 12.2.